The average molecular weight is 351 g/mol. The van der Waals surface area contributed by atoms with Crippen LogP contribution in [0.3, 0.4) is 0 Å². The van der Waals surface area contributed by atoms with Gasteiger partial charge in [0, 0.05) is 36.6 Å². The fraction of sp³-hybridized carbons (Fsp3) is 0.294. The second kappa shape index (κ2) is 5.38. The van der Waals surface area contributed by atoms with Crippen LogP contribution in [0.5, 0.6) is 0 Å². The summed E-state index contributed by atoms with van der Waals surface area (Å²) < 4.78 is 1.81. The zero-order valence-corrected chi connectivity index (χ0v) is 14.8. The highest BCUT2D eigenvalue weighted by Crippen LogP contribution is 2.32. The maximum absolute atomic E-state index is 4.74. The minimum absolute atomic E-state index is 0.724. The van der Waals surface area contributed by atoms with E-state index in [-0.39, 0.29) is 0 Å². The lowest BCUT2D eigenvalue weighted by Crippen LogP contribution is -2.07. The van der Waals surface area contributed by atoms with Crippen molar-refractivity contribution in [1.82, 2.24) is 30.0 Å². The molecule has 1 N–H and O–H groups in total. The third-order valence-electron chi connectivity index (χ3n) is 4.64. The maximum atomic E-state index is 4.74. The number of H-pyrrole nitrogens is 1. The molecule has 0 aliphatic heterocycles. The molecule has 0 amide bonds. The lowest BCUT2D eigenvalue weighted by Gasteiger charge is -2.11. The SMILES string of the molecule is CN(C)c1ccc(-c2nn3c(-c4n[nH]c5c4CCC5)nnc3s2)cc1. The van der Waals surface area contributed by atoms with Crippen LogP contribution in [0.25, 0.3) is 27.1 Å². The summed E-state index contributed by atoms with van der Waals surface area (Å²) in [5.74, 6) is 0.724. The molecule has 8 heteroatoms. The van der Waals surface area contributed by atoms with Gasteiger partial charge in [0.1, 0.15) is 10.7 Å². The summed E-state index contributed by atoms with van der Waals surface area (Å²) in [4.78, 5) is 2.87. The molecule has 0 bridgehead atoms. The van der Waals surface area contributed by atoms with Gasteiger partial charge < -0.3 is 4.90 Å². The Bertz CT molecular complexity index is 1050. The molecule has 3 heterocycles. The molecule has 5 rings (SSSR count). The summed E-state index contributed by atoms with van der Waals surface area (Å²) in [6.07, 6.45) is 3.27. The third kappa shape index (κ3) is 2.25. The summed E-state index contributed by atoms with van der Waals surface area (Å²) in [5.41, 5.74) is 5.62. The first-order chi connectivity index (χ1) is 12.2. The first kappa shape index (κ1) is 14.6. The third-order valence-corrected chi connectivity index (χ3v) is 5.59. The molecule has 1 aromatic carbocycles. The number of rotatable bonds is 3. The quantitative estimate of drug-likeness (QED) is 0.614. The van der Waals surface area contributed by atoms with Gasteiger partial charge in [0.25, 0.3) is 0 Å². The van der Waals surface area contributed by atoms with Crippen LogP contribution in [0, 0.1) is 0 Å². The number of benzene rings is 1. The van der Waals surface area contributed by atoms with Crippen LogP contribution in [-0.2, 0) is 12.8 Å². The average Bonchev–Trinajstić information content (AvgIpc) is 3.35. The highest BCUT2D eigenvalue weighted by Gasteiger charge is 2.24. The molecule has 0 radical (unpaired) electrons. The monoisotopic (exact) mass is 351 g/mol. The minimum atomic E-state index is 0.724. The predicted octanol–water partition coefficient (Wildman–Crippen LogP) is 2.80. The zero-order chi connectivity index (χ0) is 17.0. The Hall–Kier alpha value is -2.74. The predicted molar refractivity (Wildman–Crippen MR) is 98.0 cm³/mol. The van der Waals surface area contributed by atoms with E-state index < -0.39 is 0 Å². The van der Waals surface area contributed by atoms with Crippen molar-refractivity contribution in [3.8, 4) is 22.1 Å². The molecule has 0 saturated carbocycles. The number of anilines is 1. The van der Waals surface area contributed by atoms with Gasteiger partial charge in [-0.3, -0.25) is 5.10 Å². The van der Waals surface area contributed by atoms with Gasteiger partial charge in [-0.15, -0.1) is 10.2 Å². The number of aryl methyl sites for hydroxylation is 1. The van der Waals surface area contributed by atoms with Crippen molar-refractivity contribution in [2.45, 2.75) is 19.3 Å². The number of nitrogens with zero attached hydrogens (tertiary/aromatic N) is 6. The molecule has 0 unspecified atom stereocenters. The van der Waals surface area contributed by atoms with E-state index in [1.165, 1.54) is 23.4 Å². The fourth-order valence-electron chi connectivity index (χ4n) is 3.29. The Morgan fingerprint density at radius 2 is 1.96 bits per heavy atom. The summed E-state index contributed by atoms with van der Waals surface area (Å²) in [6, 6.07) is 8.37. The van der Waals surface area contributed by atoms with E-state index in [0.717, 1.165) is 39.9 Å². The number of aromatic nitrogens is 6. The molecular weight excluding hydrogens is 334 g/mol. The molecular formula is C17H17N7S. The van der Waals surface area contributed by atoms with E-state index in [1.54, 1.807) is 11.3 Å². The van der Waals surface area contributed by atoms with Crippen LogP contribution in [0.1, 0.15) is 17.7 Å². The van der Waals surface area contributed by atoms with Crippen LogP contribution in [-0.4, -0.2) is 44.1 Å². The Morgan fingerprint density at radius 1 is 1.12 bits per heavy atom. The van der Waals surface area contributed by atoms with Gasteiger partial charge in [-0.1, -0.05) is 11.3 Å². The first-order valence-corrected chi connectivity index (χ1v) is 9.09. The molecule has 0 atom stereocenters. The van der Waals surface area contributed by atoms with Crippen LogP contribution < -0.4 is 4.90 Å². The van der Waals surface area contributed by atoms with Crippen molar-refractivity contribution >= 4 is 22.0 Å². The number of hydrogen-bond donors (Lipinski definition) is 1. The van der Waals surface area contributed by atoms with Gasteiger partial charge in [0.15, 0.2) is 0 Å². The van der Waals surface area contributed by atoms with E-state index in [1.807, 2.05) is 18.6 Å². The summed E-state index contributed by atoms with van der Waals surface area (Å²) in [7, 11) is 4.07. The van der Waals surface area contributed by atoms with E-state index in [2.05, 4.69) is 49.6 Å². The topological polar surface area (TPSA) is 75.0 Å². The van der Waals surface area contributed by atoms with Gasteiger partial charge >= 0.3 is 0 Å². The van der Waals surface area contributed by atoms with E-state index >= 15 is 0 Å². The van der Waals surface area contributed by atoms with Gasteiger partial charge in [0.05, 0.1) is 0 Å². The lowest BCUT2D eigenvalue weighted by atomic mass is 10.2. The van der Waals surface area contributed by atoms with Crippen molar-refractivity contribution < 1.29 is 0 Å². The number of nitrogens with one attached hydrogen (secondary N) is 1. The Balaban J connectivity index is 1.57. The van der Waals surface area contributed by atoms with Crippen molar-refractivity contribution in [2.24, 2.45) is 0 Å². The molecule has 0 fully saturated rings. The standard InChI is InChI=1S/C17H17N7S/c1-23(2)11-8-6-10(7-9-11)16-22-24-15(20-21-17(24)25-16)14-12-4-3-5-13(12)18-19-14/h6-9H,3-5H2,1-2H3,(H,18,19). The van der Waals surface area contributed by atoms with Crippen molar-refractivity contribution in [3.05, 3.63) is 35.5 Å². The second-order valence-electron chi connectivity index (χ2n) is 6.45. The first-order valence-electron chi connectivity index (χ1n) is 8.27. The molecule has 4 aromatic rings. The molecule has 25 heavy (non-hydrogen) atoms. The lowest BCUT2D eigenvalue weighted by molar-refractivity contribution is 0.859. The van der Waals surface area contributed by atoms with Crippen LogP contribution >= 0.6 is 11.3 Å². The van der Waals surface area contributed by atoms with Crippen LogP contribution in [0.15, 0.2) is 24.3 Å². The van der Waals surface area contributed by atoms with E-state index in [0.29, 0.717) is 0 Å². The normalized spacial score (nSPS) is 13.5. The van der Waals surface area contributed by atoms with E-state index in [9.17, 15) is 0 Å². The van der Waals surface area contributed by atoms with Gasteiger partial charge in [0.2, 0.25) is 10.8 Å². The number of fused-ring (bicyclic) bond motifs is 2. The smallest absolute Gasteiger partial charge is 0.235 e. The summed E-state index contributed by atoms with van der Waals surface area (Å²) in [5, 5.41) is 21.9. The fourth-order valence-corrected chi connectivity index (χ4v) is 4.13. The largest absolute Gasteiger partial charge is 0.378 e. The minimum Gasteiger partial charge on any atom is -0.378 e. The summed E-state index contributed by atoms with van der Waals surface area (Å²) in [6.45, 7) is 0. The molecule has 126 valence electrons. The molecule has 0 saturated heterocycles. The van der Waals surface area contributed by atoms with Crippen molar-refractivity contribution in [3.63, 3.8) is 0 Å². The second-order valence-corrected chi connectivity index (χ2v) is 7.41. The van der Waals surface area contributed by atoms with Gasteiger partial charge in [-0.05, 0) is 43.5 Å². The van der Waals surface area contributed by atoms with Gasteiger partial charge in [-0.25, -0.2) is 0 Å². The Labute approximate surface area is 148 Å². The highest BCUT2D eigenvalue weighted by molar-refractivity contribution is 7.19. The molecule has 3 aromatic heterocycles. The van der Waals surface area contributed by atoms with Crippen molar-refractivity contribution in [1.29, 1.82) is 0 Å². The van der Waals surface area contributed by atoms with Gasteiger partial charge in [-0.2, -0.15) is 14.7 Å². The zero-order valence-electron chi connectivity index (χ0n) is 14.0. The number of hydrogen-bond acceptors (Lipinski definition) is 6. The van der Waals surface area contributed by atoms with Crippen LogP contribution in [0.2, 0.25) is 0 Å². The Morgan fingerprint density at radius 3 is 2.76 bits per heavy atom. The molecule has 1 aliphatic rings. The van der Waals surface area contributed by atoms with Crippen molar-refractivity contribution in [2.75, 3.05) is 19.0 Å². The highest BCUT2D eigenvalue weighted by atomic mass is 32.1. The maximum Gasteiger partial charge on any atom is 0.235 e. The summed E-state index contributed by atoms with van der Waals surface area (Å²) >= 11 is 1.54. The molecule has 0 spiro atoms. The molecule has 1 aliphatic carbocycles. The van der Waals surface area contributed by atoms with E-state index in [4.69, 9.17) is 5.10 Å². The van der Waals surface area contributed by atoms with Crippen LogP contribution in [0.4, 0.5) is 5.69 Å². The number of aromatic amines is 1. The molecule has 7 nitrogen and oxygen atoms in total. The Kier molecular flexibility index (Phi) is 3.14.